The predicted molar refractivity (Wildman–Crippen MR) is 145 cm³/mol. The van der Waals surface area contributed by atoms with Crippen molar-refractivity contribution in [3.05, 3.63) is 72.2 Å². The van der Waals surface area contributed by atoms with Crippen molar-refractivity contribution >= 4 is 35.0 Å². The first kappa shape index (κ1) is 24.7. The van der Waals surface area contributed by atoms with Crippen molar-refractivity contribution in [3.8, 4) is 5.69 Å². The molecule has 8 heteroatoms. The number of carbonyl (C=O) groups is 1. The SMILES string of the molecule is CSc1ccc([C@H](C)NC=O)cc1.Cc1ccc(-n2cc3c(N4CCCCC4)ncnc3n2)cc1.[HH]. The molecule has 0 aliphatic carbocycles. The van der Waals surface area contributed by atoms with Crippen LogP contribution in [0.1, 0.15) is 44.8 Å². The molecule has 5 rings (SSSR count). The predicted octanol–water partition coefficient (Wildman–Crippen LogP) is 5.58. The van der Waals surface area contributed by atoms with E-state index in [9.17, 15) is 4.79 Å². The van der Waals surface area contributed by atoms with Gasteiger partial charge in [-0.1, -0.05) is 29.8 Å². The Kier molecular flexibility index (Phi) is 8.36. The molecule has 7 nitrogen and oxygen atoms in total. The third-order valence-electron chi connectivity index (χ3n) is 6.18. The molecule has 1 N–H and O–H groups in total. The number of thioether (sulfide) groups is 1. The number of hydrogen-bond acceptors (Lipinski definition) is 6. The number of hydrogen-bond donors (Lipinski definition) is 1. The summed E-state index contributed by atoms with van der Waals surface area (Å²) >= 11 is 1.71. The van der Waals surface area contributed by atoms with Crippen molar-refractivity contribution in [1.82, 2.24) is 25.1 Å². The van der Waals surface area contributed by atoms with Crippen LogP contribution in [0.4, 0.5) is 5.82 Å². The monoisotopic (exact) mass is 490 g/mol. The first-order valence-electron chi connectivity index (χ1n) is 11.9. The number of aryl methyl sites for hydroxylation is 1. The number of nitrogens with zero attached hydrogens (tertiary/aromatic N) is 5. The summed E-state index contributed by atoms with van der Waals surface area (Å²) in [5, 5.41) is 8.35. The Morgan fingerprint density at radius 2 is 1.74 bits per heavy atom. The maximum Gasteiger partial charge on any atom is 0.207 e. The van der Waals surface area contributed by atoms with Gasteiger partial charge in [-0.05, 0) is 69.2 Å². The summed E-state index contributed by atoms with van der Waals surface area (Å²) < 4.78 is 1.90. The van der Waals surface area contributed by atoms with Crippen molar-refractivity contribution in [3.63, 3.8) is 0 Å². The molecule has 0 radical (unpaired) electrons. The lowest BCUT2D eigenvalue weighted by atomic mass is 10.1. The number of carbonyl (C=O) groups excluding carboxylic acids is 1. The van der Waals surface area contributed by atoms with Crippen LogP contribution in [-0.2, 0) is 4.79 Å². The van der Waals surface area contributed by atoms with Gasteiger partial charge in [-0.2, -0.15) is 0 Å². The molecule has 0 spiro atoms. The normalized spacial score (nSPS) is 14.2. The van der Waals surface area contributed by atoms with Crippen LogP contribution in [0.5, 0.6) is 0 Å². The van der Waals surface area contributed by atoms with Gasteiger partial charge in [-0.15, -0.1) is 16.9 Å². The molecule has 1 aliphatic rings. The van der Waals surface area contributed by atoms with Gasteiger partial charge < -0.3 is 10.2 Å². The summed E-state index contributed by atoms with van der Waals surface area (Å²) in [5.41, 5.74) is 4.18. The average Bonchev–Trinajstić information content (AvgIpc) is 3.35. The molecule has 4 aromatic rings. The molecule has 184 valence electrons. The van der Waals surface area contributed by atoms with E-state index in [1.807, 2.05) is 36.2 Å². The van der Waals surface area contributed by atoms with Crippen LogP contribution in [0.3, 0.4) is 0 Å². The lowest BCUT2D eigenvalue weighted by molar-refractivity contribution is -0.110. The molecule has 3 heterocycles. The van der Waals surface area contributed by atoms with E-state index in [-0.39, 0.29) is 7.47 Å². The molecule has 2 aromatic carbocycles. The molecule has 0 bridgehead atoms. The quantitative estimate of drug-likeness (QED) is 0.281. The molecule has 1 fully saturated rings. The van der Waals surface area contributed by atoms with Crippen molar-refractivity contribution < 1.29 is 6.22 Å². The highest BCUT2D eigenvalue weighted by Gasteiger charge is 2.17. The van der Waals surface area contributed by atoms with E-state index in [0.717, 1.165) is 47.6 Å². The first-order chi connectivity index (χ1) is 17.1. The molecule has 2 aromatic heterocycles. The second kappa shape index (κ2) is 11.8. The number of benzene rings is 2. The van der Waals surface area contributed by atoms with Crippen LogP contribution in [0.2, 0.25) is 0 Å². The molecular formula is C27H34N6OS. The molecule has 1 amide bonds. The summed E-state index contributed by atoms with van der Waals surface area (Å²) in [6, 6.07) is 16.6. The third-order valence-corrected chi connectivity index (χ3v) is 6.93. The van der Waals surface area contributed by atoms with E-state index < -0.39 is 0 Å². The Morgan fingerprint density at radius 1 is 1.03 bits per heavy atom. The van der Waals surface area contributed by atoms with Gasteiger partial charge in [0, 0.05) is 25.6 Å². The number of aromatic nitrogens is 4. The zero-order valence-electron chi connectivity index (χ0n) is 20.5. The summed E-state index contributed by atoms with van der Waals surface area (Å²) in [7, 11) is 0. The Bertz CT molecular complexity index is 1240. The highest BCUT2D eigenvalue weighted by Crippen LogP contribution is 2.26. The largest absolute Gasteiger partial charge is 0.356 e. The molecule has 1 saturated heterocycles. The van der Waals surface area contributed by atoms with Crippen molar-refractivity contribution in [2.75, 3.05) is 24.2 Å². The number of anilines is 1. The fourth-order valence-corrected chi connectivity index (χ4v) is 4.51. The summed E-state index contributed by atoms with van der Waals surface area (Å²) in [4.78, 5) is 22.6. The van der Waals surface area contributed by atoms with E-state index in [0.29, 0.717) is 0 Å². The molecule has 1 aliphatic heterocycles. The van der Waals surface area contributed by atoms with Crippen LogP contribution in [0.15, 0.2) is 66.0 Å². The number of amides is 1. The van der Waals surface area contributed by atoms with Crippen LogP contribution >= 0.6 is 11.8 Å². The Balaban J connectivity index is 0.000000223. The van der Waals surface area contributed by atoms with Gasteiger partial charge in [0.25, 0.3) is 0 Å². The number of nitrogens with one attached hydrogen (secondary N) is 1. The second-order valence-corrected chi connectivity index (χ2v) is 9.55. The van der Waals surface area contributed by atoms with Crippen LogP contribution < -0.4 is 10.2 Å². The van der Waals surface area contributed by atoms with Crippen LogP contribution in [0, 0.1) is 6.92 Å². The van der Waals surface area contributed by atoms with Gasteiger partial charge in [0.15, 0.2) is 5.65 Å². The second-order valence-electron chi connectivity index (χ2n) is 8.67. The van der Waals surface area contributed by atoms with Gasteiger partial charge in [0.1, 0.15) is 12.1 Å². The van der Waals surface area contributed by atoms with Crippen LogP contribution in [0.25, 0.3) is 16.7 Å². The summed E-state index contributed by atoms with van der Waals surface area (Å²) in [6.45, 7) is 6.19. The molecular weight excluding hydrogens is 456 g/mol. The number of fused-ring (bicyclic) bond motifs is 1. The van der Waals surface area contributed by atoms with Gasteiger partial charge in [-0.3, -0.25) is 4.79 Å². The van der Waals surface area contributed by atoms with Gasteiger partial charge in [-0.25, -0.2) is 14.6 Å². The molecule has 0 unspecified atom stereocenters. The maximum atomic E-state index is 10.2. The fraction of sp³-hybridized carbons (Fsp3) is 0.333. The van der Waals surface area contributed by atoms with Crippen molar-refractivity contribution in [2.24, 2.45) is 0 Å². The minimum absolute atomic E-state index is 0. The van der Waals surface area contributed by atoms with E-state index in [1.54, 1.807) is 18.1 Å². The Morgan fingerprint density at radius 3 is 2.40 bits per heavy atom. The summed E-state index contributed by atoms with van der Waals surface area (Å²) in [5.74, 6) is 1.02. The Hall–Kier alpha value is -3.39. The van der Waals surface area contributed by atoms with Crippen molar-refractivity contribution in [1.29, 1.82) is 0 Å². The van der Waals surface area contributed by atoms with E-state index in [2.05, 4.69) is 68.6 Å². The number of rotatable bonds is 6. The average molecular weight is 491 g/mol. The maximum absolute atomic E-state index is 10.2. The molecule has 35 heavy (non-hydrogen) atoms. The van der Waals surface area contributed by atoms with Crippen LogP contribution in [-0.4, -0.2) is 45.5 Å². The first-order valence-corrected chi connectivity index (χ1v) is 13.2. The minimum Gasteiger partial charge on any atom is -0.356 e. The van der Waals surface area contributed by atoms with E-state index >= 15 is 0 Å². The lowest BCUT2D eigenvalue weighted by Gasteiger charge is -2.27. The fourth-order valence-electron chi connectivity index (χ4n) is 4.10. The molecule has 0 saturated carbocycles. The zero-order chi connectivity index (χ0) is 24.6. The number of piperidine rings is 1. The molecule has 1 atom stereocenters. The smallest absolute Gasteiger partial charge is 0.207 e. The third kappa shape index (κ3) is 6.19. The van der Waals surface area contributed by atoms with Gasteiger partial charge in [0.2, 0.25) is 6.41 Å². The highest BCUT2D eigenvalue weighted by molar-refractivity contribution is 7.98. The standard InChI is InChI=1S/C17H19N5.C10H13NOS.H2/c1-13-5-7-14(8-6-13)22-11-15-16(20-22)18-12-19-17(15)21-9-3-2-4-10-21;1-8(11-7-12)9-3-5-10(13-2)6-4-9;/h5-8,11-12H,2-4,9-10H2,1H3;3-8H,1-2H3,(H,11,12);1H/t;8-;/m.0./s1. The minimum atomic E-state index is 0. The highest BCUT2D eigenvalue weighted by atomic mass is 32.2. The Labute approximate surface area is 212 Å². The van der Waals surface area contributed by atoms with Crippen molar-refractivity contribution in [2.45, 2.75) is 44.0 Å². The van der Waals surface area contributed by atoms with E-state index in [4.69, 9.17) is 0 Å². The van der Waals surface area contributed by atoms with E-state index in [1.165, 1.54) is 29.7 Å². The van der Waals surface area contributed by atoms with Gasteiger partial charge >= 0.3 is 0 Å². The summed E-state index contributed by atoms with van der Waals surface area (Å²) in [6.07, 6.45) is 10.2. The topological polar surface area (TPSA) is 75.9 Å². The zero-order valence-corrected chi connectivity index (χ0v) is 21.3. The lowest BCUT2D eigenvalue weighted by Crippen LogP contribution is -2.30. The van der Waals surface area contributed by atoms with Gasteiger partial charge in [0.05, 0.1) is 17.1 Å².